The third-order valence-corrected chi connectivity index (χ3v) is 7.12. The van der Waals surface area contributed by atoms with Crippen LogP contribution < -0.4 is 10.2 Å². The van der Waals surface area contributed by atoms with Crippen molar-refractivity contribution >= 4 is 21.8 Å². The molecule has 0 aliphatic carbocycles. The predicted molar refractivity (Wildman–Crippen MR) is 112 cm³/mol. The summed E-state index contributed by atoms with van der Waals surface area (Å²) in [4.78, 5) is 16.8. The first-order chi connectivity index (χ1) is 14.8. The van der Waals surface area contributed by atoms with Crippen LogP contribution in [-0.4, -0.2) is 36.2 Å². The van der Waals surface area contributed by atoms with E-state index in [9.17, 15) is 24.2 Å². The van der Waals surface area contributed by atoms with E-state index in [0.29, 0.717) is 30.5 Å². The summed E-state index contributed by atoms with van der Waals surface area (Å²) in [5.74, 6) is -0.344. The molecule has 2 aromatic rings. The van der Waals surface area contributed by atoms with Gasteiger partial charge in [-0.15, -0.1) is 0 Å². The number of pyridine rings is 1. The standard InChI is InChI=1S/C21H24F5N3O2S/c1-29(16-4-8-19(9-5-16)32(22,23,24,25)26)20(14-3-2-10-27-13-14)21(30)28-15-11-17-6-7-18(12-15)31-17/h2-5,8-10,13,15,17-18,20H,6-7,11-12H2,1H3,(H,28,30). The lowest BCUT2D eigenvalue weighted by Gasteiger charge is -2.40. The largest absolute Gasteiger partial charge is 0.375 e. The second-order valence-corrected chi connectivity index (χ2v) is 10.8. The Balaban J connectivity index is 1.58. The van der Waals surface area contributed by atoms with Gasteiger partial charge in [0, 0.05) is 36.7 Å². The third kappa shape index (κ3) is 4.98. The molecule has 176 valence electrons. The quantitative estimate of drug-likeness (QED) is 0.539. The summed E-state index contributed by atoms with van der Waals surface area (Å²) in [5, 5.41) is 3.03. The smallest absolute Gasteiger partial charge is 0.310 e. The van der Waals surface area contributed by atoms with Crippen LogP contribution in [0.5, 0.6) is 0 Å². The van der Waals surface area contributed by atoms with Crippen LogP contribution in [0.4, 0.5) is 25.1 Å². The van der Waals surface area contributed by atoms with Gasteiger partial charge in [-0.05, 0) is 56.0 Å². The van der Waals surface area contributed by atoms with Gasteiger partial charge >= 0.3 is 10.2 Å². The number of nitrogens with zero attached hydrogens (tertiary/aromatic N) is 2. The van der Waals surface area contributed by atoms with Gasteiger partial charge in [-0.25, -0.2) is 0 Å². The van der Waals surface area contributed by atoms with Crippen LogP contribution in [0.2, 0.25) is 0 Å². The number of hydrogen-bond donors (Lipinski definition) is 1. The van der Waals surface area contributed by atoms with Gasteiger partial charge < -0.3 is 15.0 Å². The molecule has 1 amide bonds. The molecule has 2 fully saturated rings. The molecule has 0 radical (unpaired) electrons. The fourth-order valence-electron chi connectivity index (χ4n) is 4.43. The summed E-state index contributed by atoms with van der Waals surface area (Å²) in [6.07, 6.45) is 6.59. The van der Waals surface area contributed by atoms with Gasteiger partial charge in [-0.2, -0.15) is 0 Å². The number of anilines is 1. The molecule has 1 aromatic heterocycles. The minimum absolute atomic E-state index is 0.0724. The summed E-state index contributed by atoms with van der Waals surface area (Å²) < 4.78 is 71.1. The lowest BCUT2D eigenvalue weighted by atomic mass is 10.0. The minimum Gasteiger partial charge on any atom is -0.375 e. The lowest BCUT2D eigenvalue weighted by Crippen LogP contribution is -2.47. The highest BCUT2D eigenvalue weighted by atomic mass is 32.5. The topological polar surface area (TPSA) is 54.5 Å². The molecule has 0 saturated carbocycles. The molecule has 11 heteroatoms. The highest BCUT2D eigenvalue weighted by Crippen LogP contribution is 3.02. The normalized spacial score (nSPS) is 26.0. The SMILES string of the molecule is CN(c1ccc(S(F)(F)(F)(F)F)cc1)C(C(=O)NC1CC2CCC(C1)O2)c1cccnc1. The van der Waals surface area contributed by atoms with Crippen molar-refractivity contribution in [1.29, 1.82) is 0 Å². The number of halogens is 5. The lowest BCUT2D eigenvalue weighted by molar-refractivity contribution is -0.124. The van der Waals surface area contributed by atoms with Crippen molar-refractivity contribution in [3.05, 3.63) is 54.4 Å². The number of nitrogens with one attached hydrogen (secondary N) is 1. The maximum Gasteiger partial charge on any atom is 0.310 e. The zero-order valence-corrected chi connectivity index (χ0v) is 18.1. The first-order valence-electron chi connectivity index (χ1n) is 10.2. The number of benzene rings is 1. The molecule has 3 unspecified atom stereocenters. The molecule has 3 heterocycles. The Bertz CT molecular complexity index is 977. The van der Waals surface area contributed by atoms with E-state index in [4.69, 9.17) is 4.74 Å². The Labute approximate surface area is 182 Å². The molecule has 2 aliphatic heterocycles. The summed E-state index contributed by atoms with van der Waals surface area (Å²) in [6, 6.07) is 4.94. The molecule has 3 atom stereocenters. The van der Waals surface area contributed by atoms with Crippen LogP contribution in [0.25, 0.3) is 0 Å². The van der Waals surface area contributed by atoms with E-state index in [1.54, 1.807) is 12.1 Å². The fraction of sp³-hybridized carbons (Fsp3) is 0.429. The average Bonchev–Trinajstić information content (AvgIpc) is 3.05. The van der Waals surface area contributed by atoms with E-state index in [-0.39, 0.29) is 29.8 Å². The molecule has 1 N–H and O–H groups in total. The molecule has 4 rings (SSSR count). The second-order valence-electron chi connectivity index (χ2n) is 8.40. The Hall–Kier alpha value is -2.40. The molecule has 1 aromatic carbocycles. The van der Waals surface area contributed by atoms with E-state index in [0.717, 1.165) is 25.0 Å². The van der Waals surface area contributed by atoms with Gasteiger partial charge in [-0.1, -0.05) is 25.5 Å². The van der Waals surface area contributed by atoms with Gasteiger partial charge in [-0.3, -0.25) is 9.78 Å². The zero-order chi connectivity index (χ0) is 23.2. The number of hydrogen-bond acceptors (Lipinski definition) is 4. The van der Waals surface area contributed by atoms with E-state index in [1.807, 2.05) is 0 Å². The number of aromatic nitrogens is 1. The predicted octanol–water partition coefficient (Wildman–Crippen LogP) is 5.74. The maximum atomic E-state index is 13.3. The van der Waals surface area contributed by atoms with Crippen molar-refractivity contribution in [1.82, 2.24) is 10.3 Å². The van der Waals surface area contributed by atoms with Crippen molar-refractivity contribution in [2.24, 2.45) is 0 Å². The number of carbonyl (C=O) groups excluding carboxylic acids is 1. The Morgan fingerprint density at radius 2 is 1.72 bits per heavy atom. The second kappa shape index (κ2) is 7.31. The number of likely N-dealkylation sites (N-methyl/N-ethyl adjacent to an activating group) is 1. The first kappa shape index (κ1) is 22.8. The zero-order valence-electron chi connectivity index (χ0n) is 17.3. The van der Waals surface area contributed by atoms with Crippen LogP contribution in [0, 0.1) is 0 Å². The van der Waals surface area contributed by atoms with Crippen molar-refractivity contribution in [2.45, 2.75) is 54.9 Å². The molecular formula is C21H24F5N3O2S. The van der Waals surface area contributed by atoms with E-state index in [1.165, 1.54) is 24.3 Å². The van der Waals surface area contributed by atoms with Crippen molar-refractivity contribution in [3.63, 3.8) is 0 Å². The summed E-state index contributed by atoms with van der Waals surface area (Å²) in [7, 11) is -8.25. The van der Waals surface area contributed by atoms with Crippen LogP contribution >= 0.6 is 10.2 Å². The van der Waals surface area contributed by atoms with Crippen molar-refractivity contribution in [3.8, 4) is 0 Å². The molecule has 0 spiro atoms. The van der Waals surface area contributed by atoms with E-state index < -0.39 is 21.2 Å². The molecule has 2 aliphatic rings. The summed E-state index contributed by atoms with van der Waals surface area (Å²) in [6.45, 7) is 0. The van der Waals surface area contributed by atoms with Crippen LogP contribution in [0.15, 0.2) is 53.7 Å². The Morgan fingerprint density at radius 1 is 1.09 bits per heavy atom. The maximum absolute atomic E-state index is 13.3. The molecule has 2 saturated heterocycles. The number of fused-ring (bicyclic) bond motifs is 2. The minimum atomic E-state index is -9.77. The highest BCUT2D eigenvalue weighted by molar-refractivity contribution is 8.45. The monoisotopic (exact) mass is 477 g/mol. The fourth-order valence-corrected chi connectivity index (χ4v) is 5.08. The van der Waals surface area contributed by atoms with Crippen LogP contribution in [-0.2, 0) is 9.53 Å². The van der Waals surface area contributed by atoms with Crippen LogP contribution in [0.3, 0.4) is 0 Å². The molecular weight excluding hydrogens is 453 g/mol. The van der Waals surface area contributed by atoms with Gasteiger partial charge in [0.25, 0.3) is 0 Å². The summed E-state index contributed by atoms with van der Waals surface area (Å²) >= 11 is 0. The molecule has 2 bridgehead atoms. The first-order valence-corrected chi connectivity index (χ1v) is 12.2. The average molecular weight is 477 g/mol. The number of carbonyl (C=O) groups is 1. The van der Waals surface area contributed by atoms with Crippen molar-refractivity contribution in [2.75, 3.05) is 11.9 Å². The third-order valence-electron chi connectivity index (χ3n) is 5.96. The highest BCUT2D eigenvalue weighted by Gasteiger charge is 2.65. The Kier molecular flexibility index (Phi) is 5.20. The van der Waals surface area contributed by atoms with Crippen LogP contribution in [0.1, 0.15) is 37.3 Å². The van der Waals surface area contributed by atoms with Gasteiger partial charge in [0.1, 0.15) is 10.9 Å². The van der Waals surface area contributed by atoms with Crippen molar-refractivity contribution < 1.29 is 29.0 Å². The van der Waals surface area contributed by atoms with E-state index in [2.05, 4.69) is 10.3 Å². The van der Waals surface area contributed by atoms with Gasteiger partial charge in [0.2, 0.25) is 5.91 Å². The number of amides is 1. The molecule has 32 heavy (non-hydrogen) atoms. The van der Waals surface area contributed by atoms with Gasteiger partial charge in [0.15, 0.2) is 0 Å². The summed E-state index contributed by atoms with van der Waals surface area (Å²) in [5.41, 5.74) is 0.714. The number of rotatable bonds is 6. The number of ether oxygens (including phenoxy) is 1. The Morgan fingerprint density at radius 3 is 2.25 bits per heavy atom. The van der Waals surface area contributed by atoms with E-state index >= 15 is 0 Å². The van der Waals surface area contributed by atoms with Gasteiger partial charge in [0.05, 0.1) is 12.2 Å². The molecule has 5 nitrogen and oxygen atoms in total.